The van der Waals surface area contributed by atoms with Gasteiger partial charge in [-0.1, -0.05) is 36.4 Å². The number of rotatable bonds is 16. The third-order valence-corrected chi connectivity index (χ3v) is 8.30. The molecule has 44 heavy (non-hydrogen) atoms. The number of fused-ring (bicyclic) bond motifs is 1. The average Bonchev–Trinajstić information content (AvgIpc) is 3.03. The topological polar surface area (TPSA) is 86.8 Å². The van der Waals surface area contributed by atoms with E-state index in [1.807, 2.05) is 63.2 Å². The van der Waals surface area contributed by atoms with E-state index in [-0.39, 0.29) is 0 Å². The third-order valence-electron chi connectivity index (χ3n) is 6.33. The first kappa shape index (κ1) is 33.3. The Labute approximate surface area is 266 Å². The fourth-order valence-corrected chi connectivity index (χ4v) is 5.79. The summed E-state index contributed by atoms with van der Waals surface area (Å²) in [5.41, 5.74) is 4.91. The molecule has 0 bridgehead atoms. The molecule has 2 aromatic carbocycles. The molecule has 0 fully saturated rings. The van der Waals surface area contributed by atoms with Gasteiger partial charge in [0.2, 0.25) is 0 Å². The Bertz CT molecular complexity index is 1560. The predicted molar refractivity (Wildman–Crippen MR) is 182 cm³/mol. The minimum atomic E-state index is -0.957. The van der Waals surface area contributed by atoms with Crippen molar-refractivity contribution in [2.45, 2.75) is 47.1 Å². The van der Waals surface area contributed by atoms with Crippen molar-refractivity contribution in [1.29, 1.82) is 0 Å². The van der Waals surface area contributed by atoms with E-state index < -0.39 is 8.38 Å². The van der Waals surface area contributed by atoms with Crippen molar-refractivity contribution in [2.75, 3.05) is 43.2 Å². The van der Waals surface area contributed by atoms with Crippen LogP contribution >= 0.6 is 20.0 Å². The summed E-state index contributed by atoms with van der Waals surface area (Å²) in [4.78, 5) is 9.06. The van der Waals surface area contributed by atoms with Crippen LogP contribution in [0.15, 0.2) is 60.9 Å². The fourth-order valence-electron chi connectivity index (χ4n) is 4.36. The molecule has 4 rings (SSSR count). The van der Waals surface area contributed by atoms with E-state index in [4.69, 9.17) is 35.1 Å². The summed E-state index contributed by atoms with van der Waals surface area (Å²) in [5, 5.41) is 8.51. The van der Waals surface area contributed by atoms with Crippen LogP contribution in [0.25, 0.3) is 10.9 Å². The van der Waals surface area contributed by atoms with Crippen molar-refractivity contribution in [2.24, 2.45) is 0 Å². The Morgan fingerprint density at radius 2 is 1.75 bits per heavy atom. The van der Waals surface area contributed by atoms with Crippen LogP contribution in [0.3, 0.4) is 0 Å². The number of hydrogen-bond acceptors (Lipinski definition) is 8. The van der Waals surface area contributed by atoms with Crippen LogP contribution in [0.4, 0.5) is 17.1 Å². The second kappa shape index (κ2) is 17.6. The molecule has 0 saturated carbocycles. The summed E-state index contributed by atoms with van der Waals surface area (Å²) >= 11 is 6.66. The first-order valence-electron chi connectivity index (χ1n) is 15.0. The van der Waals surface area contributed by atoms with Crippen molar-refractivity contribution < 1.29 is 18.5 Å². The lowest BCUT2D eigenvalue weighted by atomic mass is 10.1. The van der Waals surface area contributed by atoms with Gasteiger partial charge in [-0.05, 0) is 63.6 Å². The van der Waals surface area contributed by atoms with Crippen molar-refractivity contribution in [3.8, 4) is 23.3 Å². The first-order chi connectivity index (χ1) is 21.6. The van der Waals surface area contributed by atoms with Gasteiger partial charge < -0.3 is 29.2 Å². The molecule has 0 spiro atoms. The zero-order valence-electron chi connectivity index (χ0n) is 25.8. The van der Waals surface area contributed by atoms with Gasteiger partial charge in [0.25, 0.3) is 0 Å². The van der Waals surface area contributed by atoms with Crippen molar-refractivity contribution in [1.82, 2.24) is 9.97 Å². The smallest absolute Gasteiger partial charge is 0.172 e. The van der Waals surface area contributed by atoms with Crippen LogP contribution in [0.1, 0.15) is 51.8 Å². The van der Waals surface area contributed by atoms with E-state index in [0.29, 0.717) is 43.7 Å². The van der Waals surface area contributed by atoms with Crippen LogP contribution in [0.2, 0.25) is 5.02 Å². The fraction of sp³-hybridized carbons (Fsp3) is 0.353. The van der Waals surface area contributed by atoms with Crippen LogP contribution in [-0.2, 0) is 15.7 Å². The average molecular weight is 635 g/mol. The first-order valence-corrected chi connectivity index (χ1v) is 16.7. The SMILES string of the molecule is CCCC#Cc1cnc2cc(OCC)c(NCCP(OCC)OCC)cc2c1Nc1ccc(OCc2ccccn2)c(Cl)c1. The van der Waals surface area contributed by atoms with Crippen LogP contribution in [0, 0.1) is 11.8 Å². The van der Waals surface area contributed by atoms with Crippen LogP contribution in [0.5, 0.6) is 11.5 Å². The molecule has 2 aromatic heterocycles. The normalized spacial score (nSPS) is 10.9. The standard InChI is InChI=1S/C34H40ClN4O4P/c1-5-9-10-13-25-23-38-30-22-33(40-6-2)31(37-18-19-44(42-7-3)43-8-4)21-28(30)34(25)39-26-15-16-32(29(35)20-26)41-24-27-14-11-12-17-36-27/h11-12,14-17,20-23,37H,5-9,18-19,24H2,1-4H3,(H,38,39). The zero-order valence-corrected chi connectivity index (χ0v) is 27.4. The molecule has 0 aliphatic heterocycles. The molecule has 0 aliphatic rings. The lowest BCUT2D eigenvalue weighted by molar-refractivity contribution is 0.270. The molecule has 4 aromatic rings. The second-order valence-corrected chi connectivity index (χ2v) is 11.6. The molecule has 232 valence electrons. The highest BCUT2D eigenvalue weighted by molar-refractivity contribution is 7.47. The summed E-state index contributed by atoms with van der Waals surface area (Å²) in [6.45, 7) is 10.8. The molecular weight excluding hydrogens is 595 g/mol. The maximum atomic E-state index is 6.66. The highest BCUT2D eigenvalue weighted by Gasteiger charge is 2.16. The van der Waals surface area contributed by atoms with E-state index in [2.05, 4.69) is 40.4 Å². The Hall–Kier alpha value is -3.60. The molecule has 2 heterocycles. The number of benzene rings is 2. The molecule has 0 atom stereocenters. The Kier molecular flexibility index (Phi) is 13.3. The molecule has 2 N–H and O–H groups in total. The summed E-state index contributed by atoms with van der Waals surface area (Å²) < 4.78 is 23.5. The molecular formula is C34H40ClN4O4P. The quantitative estimate of drug-likeness (QED) is 0.0933. The molecule has 8 nitrogen and oxygen atoms in total. The Morgan fingerprint density at radius 3 is 2.45 bits per heavy atom. The van der Waals surface area contributed by atoms with Gasteiger partial charge in [0.1, 0.15) is 18.1 Å². The summed E-state index contributed by atoms with van der Waals surface area (Å²) in [6.07, 6.45) is 6.07. The van der Waals surface area contributed by atoms with Gasteiger partial charge in [-0.25, -0.2) is 0 Å². The second-order valence-electron chi connectivity index (χ2n) is 9.60. The highest BCUT2D eigenvalue weighted by atomic mass is 35.5. The molecule has 0 unspecified atom stereocenters. The lowest BCUT2D eigenvalue weighted by Gasteiger charge is -2.19. The summed E-state index contributed by atoms with van der Waals surface area (Å²) in [7, 11) is -0.957. The van der Waals surface area contributed by atoms with Gasteiger partial charge in [-0.3, -0.25) is 9.97 Å². The molecule has 0 amide bonds. The van der Waals surface area contributed by atoms with Gasteiger partial charge in [0.15, 0.2) is 8.38 Å². The van der Waals surface area contributed by atoms with E-state index in [0.717, 1.165) is 64.0 Å². The number of aromatic nitrogens is 2. The van der Waals surface area contributed by atoms with Gasteiger partial charge in [0.05, 0.1) is 53.0 Å². The van der Waals surface area contributed by atoms with E-state index in [9.17, 15) is 0 Å². The van der Waals surface area contributed by atoms with E-state index in [1.54, 1.807) is 12.4 Å². The monoisotopic (exact) mass is 634 g/mol. The minimum Gasteiger partial charge on any atom is -0.492 e. The highest BCUT2D eigenvalue weighted by Crippen LogP contribution is 2.39. The number of anilines is 3. The number of pyridine rings is 2. The molecule has 0 saturated heterocycles. The zero-order chi connectivity index (χ0) is 31.1. The van der Waals surface area contributed by atoms with Gasteiger partial charge in [-0.15, -0.1) is 0 Å². The molecule has 0 radical (unpaired) electrons. The molecule has 10 heteroatoms. The molecule has 0 aliphatic carbocycles. The third kappa shape index (κ3) is 9.45. The largest absolute Gasteiger partial charge is 0.492 e. The van der Waals surface area contributed by atoms with Crippen molar-refractivity contribution in [3.05, 3.63) is 77.2 Å². The predicted octanol–water partition coefficient (Wildman–Crippen LogP) is 8.95. The lowest BCUT2D eigenvalue weighted by Crippen LogP contribution is -2.09. The van der Waals surface area contributed by atoms with Crippen molar-refractivity contribution in [3.63, 3.8) is 0 Å². The number of nitrogens with one attached hydrogen (secondary N) is 2. The maximum Gasteiger partial charge on any atom is 0.172 e. The van der Waals surface area contributed by atoms with E-state index in [1.165, 1.54) is 0 Å². The summed E-state index contributed by atoms with van der Waals surface area (Å²) in [5.74, 6) is 7.89. The van der Waals surface area contributed by atoms with E-state index >= 15 is 0 Å². The Morgan fingerprint density at radius 1 is 0.909 bits per heavy atom. The summed E-state index contributed by atoms with van der Waals surface area (Å²) in [6, 6.07) is 15.4. The number of unbranched alkanes of at least 4 members (excludes halogenated alkanes) is 1. The van der Waals surface area contributed by atoms with Gasteiger partial charge in [0, 0.05) is 48.7 Å². The number of nitrogens with zero attached hydrogens (tertiary/aromatic N) is 2. The maximum absolute atomic E-state index is 6.66. The van der Waals surface area contributed by atoms with Gasteiger partial charge >= 0.3 is 0 Å². The number of ether oxygens (including phenoxy) is 2. The Balaban J connectivity index is 1.66. The minimum absolute atomic E-state index is 0.328. The van der Waals surface area contributed by atoms with Crippen LogP contribution < -0.4 is 20.1 Å². The van der Waals surface area contributed by atoms with Crippen molar-refractivity contribution >= 4 is 47.9 Å². The van der Waals surface area contributed by atoms with Crippen LogP contribution in [-0.4, -0.2) is 42.5 Å². The number of hydrogen-bond donors (Lipinski definition) is 2. The van der Waals surface area contributed by atoms with Gasteiger partial charge in [-0.2, -0.15) is 0 Å². The number of halogens is 1.